The summed E-state index contributed by atoms with van der Waals surface area (Å²) in [7, 11) is 0. The molecule has 0 amide bonds. The molecule has 3 N–H and O–H groups in total. The number of aliphatic carboxylic acids is 1. The molecule has 64 valence electrons. The molecule has 1 unspecified atom stereocenters. The Morgan fingerprint density at radius 2 is 2.45 bits per heavy atom. The van der Waals surface area contributed by atoms with Crippen molar-refractivity contribution in [3.05, 3.63) is 12.7 Å². The Morgan fingerprint density at radius 1 is 1.91 bits per heavy atom. The number of rotatable bonds is 5. The monoisotopic (exact) mass is 159 g/mol. The lowest BCUT2D eigenvalue weighted by Gasteiger charge is -2.15. The van der Waals surface area contributed by atoms with Crippen LogP contribution in [0, 0.1) is 0 Å². The number of hydrogen-bond donors (Lipinski definition) is 2. The molecule has 0 saturated carbocycles. The molecule has 0 saturated heterocycles. The molecule has 0 aromatic carbocycles. The van der Waals surface area contributed by atoms with Gasteiger partial charge in [-0.1, -0.05) is 6.08 Å². The number of carbonyl (C=O) groups is 1. The summed E-state index contributed by atoms with van der Waals surface area (Å²) in [6.45, 7) is 5.36. The predicted molar refractivity (Wildman–Crippen MR) is 41.2 cm³/mol. The normalized spacial score (nSPS) is 15.5. The highest BCUT2D eigenvalue weighted by atomic mass is 16.5. The van der Waals surface area contributed by atoms with Crippen LogP contribution in [-0.2, 0) is 9.53 Å². The molecule has 0 rings (SSSR count). The van der Waals surface area contributed by atoms with Crippen LogP contribution in [0.15, 0.2) is 12.7 Å². The second kappa shape index (κ2) is 4.87. The van der Waals surface area contributed by atoms with Crippen LogP contribution in [0.25, 0.3) is 0 Å². The molecule has 4 nitrogen and oxygen atoms in total. The third-order valence-electron chi connectivity index (χ3n) is 1.27. The molecule has 0 fully saturated rings. The second-order valence-electron chi connectivity index (χ2n) is 2.19. The Morgan fingerprint density at radius 3 is 2.82 bits per heavy atom. The molecule has 0 heterocycles. The fraction of sp³-hybridized carbons (Fsp3) is 0.571. The molecular weight excluding hydrogens is 146 g/mol. The van der Waals surface area contributed by atoms with E-state index in [1.807, 2.05) is 0 Å². The van der Waals surface area contributed by atoms with Gasteiger partial charge >= 0.3 is 5.97 Å². The van der Waals surface area contributed by atoms with Gasteiger partial charge in [-0.3, -0.25) is 4.79 Å². The van der Waals surface area contributed by atoms with Crippen LogP contribution in [0.2, 0.25) is 0 Å². The fourth-order valence-corrected chi connectivity index (χ4v) is 0.524. The molecule has 0 aliphatic heterocycles. The van der Waals surface area contributed by atoms with Crippen LogP contribution in [0.5, 0.6) is 0 Å². The van der Waals surface area contributed by atoms with E-state index in [2.05, 4.69) is 6.58 Å². The molecule has 0 aromatic heterocycles. The summed E-state index contributed by atoms with van der Waals surface area (Å²) < 4.78 is 4.99. The number of carboxylic acid groups (broad SMARTS) is 1. The van der Waals surface area contributed by atoms with Gasteiger partial charge in [-0.15, -0.1) is 6.58 Å². The van der Waals surface area contributed by atoms with E-state index in [4.69, 9.17) is 15.6 Å². The van der Waals surface area contributed by atoms with Crippen LogP contribution in [0.3, 0.4) is 0 Å². The van der Waals surface area contributed by atoms with Gasteiger partial charge in [0.15, 0.2) is 0 Å². The highest BCUT2D eigenvalue weighted by molar-refractivity contribution is 5.73. The minimum atomic E-state index is -1.05. The molecule has 0 aliphatic carbocycles. The second-order valence-corrected chi connectivity index (χ2v) is 2.19. The lowest BCUT2D eigenvalue weighted by molar-refractivity contribution is -0.141. The van der Waals surface area contributed by atoms with E-state index in [1.54, 1.807) is 13.0 Å². The Labute approximate surface area is 65.6 Å². The summed E-state index contributed by atoms with van der Waals surface area (Å²) in [6, 6.07) is -0.963. The number of ether oxygens (including phenoxy) is 1. The van der Waals surface area contributed by atoms with Crippen LogP contribution in [0.1, 0.15) is 6.92 Å². The molecule has 4 heteroatoms. The lowest BCUT2D eigenvalue weighted by atomic mass is 10.2. The van der Waals surface area contributed by atoms with E-state index in [-0.39, 0.29) is 0 Å². The third-order valence-corrected chi connectivity index (χ3v) is 1.27. The van der Waals surface area contributed by atoms with Crippen molar-refractivity contribution in [2.24, 2.45) is 5.73 Å². The van der Waals surface area contributed by atoms with E-state index in [0.717, 1.165) is 0 Å². The first-order valence-corrected chi connectivity index (χ1v) is 3.30. The van der Waals surface area contributed by atoms with Gasteiger partial charge in [0.2, 0.25) is 0 Å². The smallest absolute Gasteiger partial charge is 0.323 e. The zero-order valence-corrected chi connectivity index (χ0v) is 6.49. The molecule has 0 spiro atoms. The van der Waals surface area contributed by atoms with Crippen molar-refractivity contribution in [2.45, 2.75) is 19.1 Å². The average molecular weight is 159 g/mol. The van der Waals surface area contributed by atoms with Gasteiger partial charge in [0.1, 0.15) is 6.04 Å². The first-order chi connectivity index (χ1) is 5.09. The summed E-state index contributed by atoms with van der Waals surface area (Å²) in [6.07, 6.45) is 1.07. The highest BCUT2D eigenvalue weighted by Gasteiger charge is 2.19. The van der Waals surface area contributed by atoms with Crippen LogP contribution in [0.4, 0.5) is 0 Å². The predicted octanol–water partition coefficient (Wildman–Crippen LogP) is -0.0106. The third kappa shape index (κ3) is 3.75. The molecular formula is C7H13NO3. The number of carboxylic acids is 1. The van der Waals surface area contributed by atoms with Gasteiger partial charge in [0.05, 0.1) is 12.7 Å². The van der Waals surface area contributed by atoms with E-state index >= 15 is 0 Å². The Bertz CT molecular complexity index is 147. The highest BCUT2D eigenvalue weighted by Crippen LogP contribution is 1.95. The van der Waals surface area contributed by atoms with Crippen molar-refractivity contribution in [3.63, 3.8) is 0 Å². The van der Waals surface area contributed by atoms with Gasteiger partial charge in [-0.25, -0.2) is 0 Å². The van der Waals surface area contributed by atoms with Crippen molar-refractivity contribution >= 4 is 5.97 Å². The maximum Gasteiger partial charge on any atom is 0.323 e. The van der Waals surface area contributed by atoms with Crippen LogP contribution in [-0.4, -0.2) is 29.8 Å². The van der Waals surface area contributed by atoms with Gasteiger partial charge in [0.25, 0.3) is 0 Å². The van der Waals surface area contributed by atoms with E-state index in [9.17, 15) is 4.79 Å². The minimum Gasteiger partial charge on any atom is -0.480 e. The fourth-order valence-electron chi connectivity index (χ4n) is 0.524. The quantitative estimate of drug-likeness (QED) is 0.553. The largest absolute Gasteiger partial charge is 0.480 e. The molecule has 0 aliphatic rings. The van der Waals surface area contributed by atoms with Gasteiger partial charge in [-0.2, -0.15) is 0 Å². The van der Waals surface area contributed by atoms with Gasteiger partial charge in [-0.05, 0) is 6.92 Å². The SMILES string of the molecule is C=CCOC(C)[C@H](N)C(=O)O. The van der Waals surface area contributed by atoms with Crippen molar-refractivity contribution in [3.8, 4) is 0 Å². The van der Waals surface area contributed by atoms with E-state index in [1.165, 1.54) is 0 Å². The zero-order valence-electron chi connectivity index (χ0n) is 6.49. The zero-order chi connectivity index (χ0) is 8.85. The summed E-state index contributed by atoms with van der Waals surface area (Å²) in [5.74, 6) is -1.05. The summed E-state index contributed by atoms with van der Waals surface area (Å²) in [5, 5.41) is 8.42. The van der Waals surface area contributed by atoms with Gasteiger partial charge in [0, 0.05) is 0 Å². The van der Waals surface area contributed by atoms with Crippen molar-refractivity contribution in [1.29, 1.82) is 0 Å². The topological polar surface area (TPSA) is 72.5 Å². The standard InChI is InChI=1S/C7H13NO3/c1-3-4-11-5(2)6(8)7(9)10/h3,5-6H,1,4,8H2,2H3,(H,9,10)/t5?,6-/m0/s1. The number of hydrogen-bond acceptors (Lipinski definition) is 3. The van der Waals surface area contributed by atoms with Crippen LogP contribution >= 0.6 is 0 Å². The first-order valence-electron chi connectivity index (χ1n) is 3.30. The lowest BCUT2D eigenvalue weighted by Crippen LogP contribution is -2.41. The van der Waals surface area contributed by atoms with Crippen molar-refractivity contribution < 1.29 is 14.6 Å². The van der Waals surface area contributed by atoms with Crippen LogP contribution < -0.4 is 5.73 Å². The average Bonchev–Trinajstić information content (AvgIpc) is 1.98. The summed E-state index contributed by atoms with van der Waals surface area (Å²) >= 11 is 0. The molecule has 0 radical (unpaired) electrons. The maximum atomic E-state index is 10.3. The van der Waals surface area contributed by atoms with Crippen molar-refractivity contribution in [1.82, 2.24) is 0 Å². The number of nitrogens with two attached hydrogens (primary N) is 1. The summed E-state index contributed by atoms with van der Waals surface area (Å²) in [5.41, 5.74) is 5.24. The van der Waals surface area contributed by atoms with Gasteiger partial charge < -0.3 is 15.6 Å². The first kappa shape index (κ1) is 10.1. The Kier molecular flexibility index (Phi) is 4.49. The molecule has 11 heavy (non-hydrogen) atoms. The van der Waals surface area contributed by atoms with Crippen molar-refractivity contribution in [2.75, 3.05) is 6.61 Å². The van der Waals surface area contributed by atoms with E-state index in [0.29, 0.717) is 6.61 Å². The summed E-state index contributed by atoms with van der Waals surface area (Å²) in [4.78, 5) is 10.3. The molecule has 2 atom stereocenters. The molecule has 0 bridgehead atoms. The molecule has 0 aromatic rings. The minimum absolute atomic E-state index is 0.322. The maximum absolute atomic E-state index is 10.3. The van der Waals surface area contributed by atoms with E-state index < -0.39 is 18.1 Å². The Balaban J connectivity index is 3.72. The Hall–Kier alpha value is -0.870.